The Kier molecular flexibility index (Phi) is 7.76. The maximum Gasteiger partial charge on any atom is 0.335 e. The van der Waals surface area contributed by atoms with Gasteiger partial charge in [0.1, 0.15) is 0 Å². The Morgan fingerprint density at radius 1 is 1.06 bits per heavy atom. The van der Waals surface area contributed by atoms with Crippen molar-refractivity contribution < 1.29 is 14.3 Å². The summed E-state index contributed by atoms with van der Waals surface area (Å²) in [5.41, 5.74) is 6.62. The van der Waals surface area contributed by atoms with Crippen molar-refractivity contribution in [2.45, 2.75) is 29.7 Å². The van der Waals surface area contributed by atoms with Gasteiger partial charge in [-0.2, -0.15) is 0 Å². The van der Waals surface area contributed by atoms with Crippen LogP contribution in [0.3, 0.4) is 0 Å². The number of hydrogen-bond acceptors (Lipinski definition) is 2. The molecule has 1 fully saturated rings. The molecule has 4 aromatic rings. The van der Waals surface area contributed by atoms with Gasteiger partial charge >= 0.3 is 171 Å². The molecule has 179 valence electrons. The van der Waals surface area contributed by atoms with E-state index in [2.05, 4.69) is 47.7 Å². The van der Waals surface area contributed by atoms with E-state index in [1.807, 2.05) is 19.1 Å². The van der Waals surface area contributed by atoms with E-state index in [1.54, 1.807) is 36.4 Å². The van der Waals surface area contributed by atoms with Crippen LogP contribution in [0, 0.1) is 12.7 Å². The molecule has 3 aromatic carbocycles. The van der Waals surface area contributed by atoms with E-state index in [0.29, 0.717) is 5.56 Å². The van der Waals surface area contributed by atoms with Gasteiger partial charge in [-0.05, 0) is 19.1 Å². The number of carboxylic acids is 1. The Balaban J connectivity index is 0.000000243. The predicted molar refractivity (Wildman–Crippen MR) is 140 cm³/mol. The smallest absolute Gasteiger partial charge is 0.335 e. The second-order valence-electron chi connectivity index (χ2n) is 9.60. The third kappa shape index (κ3) is 5.51. The zero-order valence-electron chi connectivity index (χ0n) is 20.4. The normalized spacial score (nSPS) is 14.8. The molecule has 0 spiro atoms. The summed E-state index contributed by atoms with van der Waals surface area (Å²) in [5, 5.41) is 9.83. The first kappa shape index (κ1) is 25.6. The van der Waals surface area contributed by atoms with Crippen LogP contribution in [0.25, 0.3) is 16.6 Å². The molecular weight excluding hydrogens is 635 g/mol. The standard InChI is InChI=1S/C21H22FN2.C8H8O2.Pb/c1-4-15-6-5-7-19-18(15)12-20(21(2)13-23(3)14-21)24(19)17-10-8-16(22)9-11-17;1-6-2-4-7(5-3-6)8(9)10;/h5-12H,1,4,13-14H2,2-3H3;2-5H,1H3,(H,9,10);. The summed E-state index contributed by atoms with van der Waals surface area (Å²) in [7, 11) is 2.17. The second kappa shape index (κ2) is 10.6. The van der Waals surface area contributed by atoms with Crippen LogP contribution < -0.4 is 0 Å². The predicted octanol–water partition coefficient (Wildman–Crippen LogP) is 5.80. The van der Waals surface area contributed by atoms with Crippen molar-refractivity contribution in [2.75, 3.05) is 20.1 Å². The van der Waals surface area contributed by atoms with Crippen LogP contribution in [0.2, 0.25) is 3.98 Å². The van der Waals surface area contributed by atoms with Crippen LogP contribution in [-0.2, 0) is 11.8 Å². The first-order valence-corrected chi connectivity index (χ1v) is 14.5. The summed E-state index contributed by atoms with van der Waals surface area (Å²) in [6.45, 7) is 6.38. The van der Waals surface area contributed by atoms with Crippen molar-refractivity contribution in [3.8, 4) is 5.69 Å². The number of aromatic carboxylic acids is 1. The van der Waals surface area contributed by atoms with Crippen LogP contribution >= 0.6 is 0 Å². The van der Waals surface area contributed by atoms with Gasteiger partial charge in [-0.1, -0.05) is 17.7 Å². The molecule has 6 heteroatoms. The molecule has 1 aliphatic rings. The molecule has 0 saturated carbocycles. The number of aryl methyl sites for hydroxylation is 2. The summed E-state index contributed by atoms with van der Waals surface area (Å²) in [6.07, 6.45) is 1.15. The summed E-state index contributed by atoms with van der Waals surface area (Å²) in [6, 6.07) is 22.7. The Labute approximate surface area is 222 Å². The van der Waals surface area contributed by atoms with E-state index in [1.165, 1.54) is 51.9 Å². The second-order valence-corrected chi connectivity index (χ2v) is 11.5. The van der Waals surface area contributed by atoms with Gasteiger partial charge in [-0.3, -0.25) is 0 Å². The van der Waals surface area contributed by atoms with Crippen molar-refractivity contribution in [3.05, 3.63) is 101 Å². The minimum absolute atomic E-state index is 0.139. The van der Waals surface area contributed by atoms with Gasteiger partial charge in [0.25, 0.3) is 0 Å². The van der Waals surface area contributed by atoms with Gasteiger partial charge in [0.05, 0.1) is 5.56 Å². The third-order valence-electron chi connectivity index (χ3n) is 6.57. The minimum atomic E-state index is -0.875. The SMILES string of the molecule is CN1CC(C)(c2cc3c(C[CH2][Pb])cccc3n2-c2ccc(F)cc2)C1.Cc1ccc(C(=O)O)cc1. The maximum absolute atomic E-state index is 13.5. The zero-order chi connectivity index (χ0) is 25.2. The molecule has 2 heterocycles. The molecule has 4 nitrogen and oxygen atoms in total. The molecule has 35 heavy (non-hydrogen) atoms. The molecule has 0 atom stereocenters. The summed E-state index contributed by atoms with van der Waals surface area (Å²) in [5.74, 6) is -1.06. The van der Waals surface area contributed by atoms with E-state index in [0.717, 1.165) is 30.8 Å². The molecular formula is C29H30FN2O2Pb. The number of halogens is 1. The fraction of sp³-hybridized carbons (Fsp3) is 0.276. The first-order valence-electron chi connectivity index (χ1n) is 11.7. The van der Waals surface area contributed by atoms with E-state index in [-0.39, 0.29) is 11.2 Å². The number of hydrogen-bond donors (Lipinski definition) is 1. The van der Waals surface area contributed by atoms with E-state index >= 15 is 0 Å². The molecule has 3 radical (unpaired) electrons. The molecule has 0 aliphatic carbocycles. The number of likely N-dealkylation sites (N-methyl/N-ethyl adjacent to an activating group) is 1. The monoisotopic (exact) mass is 665 g/mol. The van der Waals surface area contributed by atoms with Gasteiger partial charge in [0.15, 0.2) is 0 Å². The third-order valence-corrected chi connectivity index (χ3v) is 7.54. The topological polar surface area (TPSA) is 45.5 Å². The van der Waals surface area contributed by atoms with Gasteiger partial charge in [-0.25, -0.2) is 4.79 Å². The van der Waals surface area contributed by atoms with Crippen molar-refractivity contribution in [2.24, 2.45) is 0 Å². The Morgan fingerprint density at radius 3 is 2.29 bits per heavy atom. The molecule has 5 rings (SSSR count). The van der Waals surface area contributed by atoms with Crippen LogP contribution in [0.15, 0.2) is 72.8 Å². The molecule has 1 N–H and O–H groups in total. The van der Waals surface area contributed by atoms with Crippen LogP contribution in [0.5, 0.6) is 0 Å². The Bertz CT molecular complexity index is 1320. The fourth-order valence-electron chi connectivity index (χ4n) is 4.96. The number of rotatable bonds is 5. The molecule has 1 aromatic heterocycles. The quantitative estimate of drug-likeness (QED) is 0.275. The number of carboxylic acid groups (broad SMARTS) is 1. The zero-order valence-corrected chi connectivity index (χ0v) is 24.3. The molecule has 0 amide bonds. The van der Waals surface area contributed by atoms with Crippen molar-refractivity contribution >= 4 is 42.6 Å². The van der Waals surface area contributed by atoms with Crippen molar-refractivity contribution in [1.29, 1.82) is 0 Å². The van der Waals surface area contributed by atoms with Gasteiger partial charge in [0, 0.05) is 0 Å². The average molecular weight is 665 g/mol. The number of nitrogens with zero attached hydrogens (tertiary/aromatic N) is 2. The van der Waals surface area contributed by atoms with E-state index < -0.39 is 5.97 Å². The number of benzene rings is 3. The first-order chi connectivity index (χ1) is 16.7. The Morgan fingerprint density at radius 2 is 1.71 bits per heavy atom. The number of aromatic nitrogens is 1. The summed E-state index contributed by atoms with van der Waals surface area (Å²) >= 11 is 1.22. The van der Waals surface area contributed by atoms with Gasteiger partial charge in [-0.15, -0.1) is 0 Å². The maximum atomic E-state index is 13.5. The fourth-order valence-corrected chi connectivity index (χ4v) is 6.01. The van der Waals surface area contributed by atoms with Gasteiger partial charge < -0.3 is 5.11 Å². The van der Waals surface area contributed by atoms with Gasteiger partial charge in [0.2, 0.25) is 0 Å². The van der Waals surface area contributed by atoms with Crippen LogP contribution in [0.1, 0.15) is 34.1 Å². The van der Waals surface area contributed by atoms with Crippen molar-refractivity contribution in [3.63, 3.8) is 0 Å². The van der Waals surface area contributed by atoms with E-state index in [9.17, 15) is 9.18 Å². The van der Waals surface area contributed by atoms with Crippen molar-refractivity contribution in [1.82, 2.24) is 9.47 Å². The molecule has 0 bridgehead atoms. The van der Waals surface area contributed by atoms with Crippen LogP contribution in [-0.4, -0.2) is 66.4 Å². The summed E-state index contributed by atoms with van der Waals surface area (Å²) < 4.78 is 17.1. The van der Waals surface area contributed by atoms with E-state index in [4.69, 9.17) is 5.11 Å². The molecule has 1 saturated heterocycles. The number of carbonyl (C=O) groups is 1. The average Bonchev–Trinajstić information content (AvgIpc) is 3.21. The number of likely N-dealkylation sites (tertiary alicyclic amines) is 1. The molecule has 1 aliphatic heterocycles. The summed E-state index contributed by atoms with van der Waals surface area (Å²) in [4.78, 5) is 12.7. The number of fused-ring (bicyclic) bond motifs is 1. The van der Waals surface area contributed by atoms with Crippen LogP contribution in [0.4, 0.5) is 4.39 Å². The molecule has 0 unspecified atom stereocenters. The Hall–Kier alpha value is -2.52. The largest absolute Gasteiger partial charge is 0.478 e. The minimum Gasteiger partial charge on any atom is -0.478 e.